The molecule has 0 saturated heterocycles. The van der Waals surface area contributed by atoms with Crippen LogP contribution in [0.15, 0.2) is 48.5 Å². The molecule has 0 aliphatic heterocycles. The van der Waals surface area contributed by atoms with Gasteiger partial charge in [0, 0.05) is 34.1 Å². The fourth-order valence-corrected chi connectivity index (χ4v) is 18.1. The minimum absolute atomic E-state index is 0.119. The van der Waals surface area contributed by atoms with Crippen molar-refractivity contribution in [2.45, 2.75) is 139 Å². The van der Waals surface area contributed by atoms with E-state index in [2.05, 4.69) is 110 Å². The molecular formula is C45H87NO12Si8. The first kappa shape index (κ1) is 58.9. The number of fused-ring (bicyclic) bond motifs is 3. The minimum Gasteiger partial charge on any atom is -0.481 e. The van der Waals surface area contributed by atoms with Crippen LogP contribution in [0.3, 0.4) is 0 Å². The number of aliphatic carboxylic acids is 1. The van der Waals surface area contributed by atoms with Crippen molar-refractivity contribution < 1.29 is 54.8 Å². The maximum absolute atomic E-state index is 14.7. The van der Waals surface area contributed by atoms with Crippen LogP contribution in [-0.2, 0) is 44.9 Å². The predicted octanol–water partition coefficient (Wildman–Crippen LogP) is 3.67. The van der Waals surface area contributed by atoms with E-state index >= 15 is 0 Å². The highest BCUT2D eigenvalue weighted by Gasteiger charge is 2.63. The molecule has 2 aromatic rings. The summed E-state index contributed by atoms with van der Waals surface area (Å²) in [4.78, 5) is 29.1. The lowest BCUT2D eigenvalue weighted by molar-refractivity contribution is -0.230. The second-order valence-corrected chi connectivity index (χ2v) is 26.7. The first-order valence-corrected chi connectivity index (χ1v) is 40.4. The number of amides is 1. The van der Waals surface area contributed by atoms with Gasteiger partial charge in [-0.15, -0.1) is 0 Å². The fourth-order valence-electron chi connectivity index (χ4n) is 10.7. The van der Waals surface area contributed by atoms with Crippen LogP contribution in [0.5, 0.6) is 0 Å². The lowest BCUT2D eigenvalue weighted by Crippen LogP contribution is -2.63. The quantitative estimate of drug-likeness (QED) is 0.0814. The van der Waals surface area contributed by atoms with Gasteiger partial charge < -0.3 is 50.6 Å². The monoisotopic (exact) mass is 1060 g/mol. The van der Waals surface area contributed by atoms with Crippen molar-refractivity contribution in [3.63, 3.8) is 0 Å². The number of carboxylic acids is 1. The third-order valence-electron chi connectivity index (χ3n) is 13.7. The summed E-state index contributed by atoms with van der Waals surface area (Å²) in [6.07, 6.45) is -3.27. The lowest BCUT2D eigenvalue weighted by atomic mass is 9.48. The van der Waals surface area contributed by atoms with Gasteiger partial charge in [0.15, 0.2) is 78.1 Å². The Kier molecular flexibility index (Phi) is 24.3. The molecule has 2 aromatic carbocycles. The number of benzene rings is 2. The molecule has 0 radical (unpaired) electrons. The number of alkyl carbamates (subject to hydrolysis) is 1. The van der Waals surface area contributed by atoms with E-state index in [0.717, 1.165) is 22.3 Å². The Hall–Kier alpha value is -1.40. The van der Waals surface area contributed by atoms with Crippen LogP contribution in [0.2, 0.25) is 52.4 Å². The molecule has 21 heteroatoms. The molecule has 0 saturated carbocycles. The Morgan fingerprint density at radius 2 is 0.864 bits per heavy atom. The molecule has 0 fully saturated rings. The van der Waals surface area contributed by atoms with Gasteiger partial charge in [-0.25, -0.2) is 4.79 Å². The van der Waals surface area contributed by atoms with E-state index in [1.54, 1.807) is 0 Å². The molecule has 4 atom stereocenters. The zero-order valence-corrected chi connectivity index (χ0v) is 54.6. The summed E-state index contributed by atoms with van der Waals surface area (Å²) in [5.41, 5.74) is 0.900. The number of hydrogen-bond acceptors (Lipinski definition) is 11. The standard InChI is InChI=1S/C45H87NO12Si8/c1-42(2,37(51-59-9)52-60-10)32(25-46-41(49)50-26-31-29-23-19-17-21-27(29)28-22-18-20-24-30(28)31)33(43(3,4)38(53-61-11)54-62-12)34(44(5,6)39(55-63-13)56-64-14)35(36(47)48)45(7,8)40(57-65-15)58-66-16/h17-24,31-35,37-40H,25-26,59-66H2,1-16H3,(H,46,49)(H,47,48). The molecule has 3 rings (SSSR count). The summed E-state index contributed by atoms with van der Waals surface area (Å²) in [6.45, 7) is 33.7. The molecule has 0 bridgehead atoms. The average molecular weight is 1060 g/mol. The Bertz CT molecular complexity index is 1730. The van der Waals surface area contributed by atoms with Crippen LogP contribution < -0.4 is 5.32 Å². The largest absolute Gasteiger partial charge is 0.481 e. The Morgan fingerprint density at radius 3 is 1.23 bits per heavy atom. The first-order chi connectivity index (χ1) is 31.2. The van der Waals surface area contributed by atoms with Crippen molar-refractivity contribution in [2.24, 2.45) is 45.3 Å². The molecule has 1 aliphatic rings. The number of nitrogens with one attached hydrogen (secondary N) is 1. The van der Waals surface area contributed by atoms with Crippen LogP contribution >= 0.6 is 0 Å². The van der Waals surface area contributed by atoms with Crippen LogP contribution in [0.1, 0.15) is 72.4 Å². The van der Waals surface area contributed by atoms with E-state index in [1.807, 2.05) is 51.2 Å². The van der Waals surface area contributed by atoms with Crippen molar-refractivity contribution in [3.05, 3.63) is 59.7 Å². The first-order valence-electron chi connectivity index (χ1n) is 24.5. The third kappa shape index (κ3) is 13.9. The van der Waals surface area contributed by atoms with Crippen molar-refractivity contribution >= 4 is 90.2 Å². The lowest BCUT2D eigenvalue weighted by Gasteiger charge is -2.60. The molecule has 0 heterocycles. The van der Waals surface area contributed by atoms with Gasteiger partial charge in [-0.05, 0) is 40.0 Å². The van der Waals surface area contributed by atoms with E-state index in [-0.39, 0.29) is 19.1 Å². The zero-order valence-electron chi connectivity index (χ0n) is 43.3. The minimum atomic E-state index is -1.07. The van der Waals surface area contributed by atoms with Crippen molar-refractivity contribution in [3.8, 4) is 11.1 Å². The number of ether oxygens (including phenoxy) is 1. The Labute approximate surface area is 416 Å². The topological polar surface area (TPSA) is 149 Å². The van der Waals surface area contributed by atoms with Crippen LogP contribution in [0, 0.1) is 45.3 Å². The second-order valence-electron chi connectivity index (χ2n) is 19.4. The molecule has 376 valence electrons. The number of carbonyl (C=O) groups excluding carboxylic acids is 1. The van der Waals surface area contributed by atoms with Gasteiger partial charge >= 0.3 is 12.1 Å². The van der Waals surface area contributed by atoms with Crippen molar-refractivity contribution in [2.75, 3.05) is 13.2 Å². The molecule has 13 nitrogen and oxygen atoms in total. The maximum atomic E-state index is 14.7. The predicted molar refractivity (Wildman–Crippen MR) is 289 cm³/mol. The molecule has 66 heavy (non-hydrogen) atoms. The maximum Gasteiger partial charge on any atom is 0.407 e. The SMILES string of the molecule is C[SiH2]OC(O[SiH2]C)C(C)(C)C(CNC(=O)OCC1c2ccccc2-c2ccccc21)C(C(C(C(=O)O)C(C)(C)C(O[SiH2]C)O[SiH2]C)C(C)(C)C(O[SiH2]C)O[SiH2]C)C(C)(C)C(O[SiH2]C)O[SiH2]C. The molecule has 2 N–H and O–H groups in total. The highest BCUT2D eigenvalue weighted by molar-refractivity contribution is 6.27. The summed E-state index contributed by atoms with van der Waals surface area (Å²) in [6, 6.07) is 16.6. The highest BCUT2D eigenvalue weighted by Crippen LogP contribution is 2.60. The van der Waals surface area contributed by atoms with E-state index < -0.39 is 161 Å². The number of carboxylic acid groups (broad SMARTS) is 1. The van der Waals surface area contributed by atoms with Gasteiger partial charge in [-0.3, -0.25) is 4.79 Å². The summed E-state index contributed by atoms with van der Waals surface area (Å²) in [5.74, 6) is -3.94. The molecule has 0 aromatic heterocycles. The molecule has 1 aliphatic carbocycles. The van der Waals surface area contributed by atoms with E-state index in [1.165, 1.54) is 0 Å². The number of hydrogen-bond donors (Lipinski definition) is 2. The molecule has 1 amide bonds. The highest BCUT2D eigenvalue weighted by atomic mass is 28.2. The van der Waals surface area contributed by atoms with Crippen LogP contribution in [0.4, 0.5) is 4.79 Å². The van der Waals surface area contributed by atoms with E-state index in [9.17, 15) is 14.7 Å². The zero-order chi connectivity index (χ0) is 49.5. The number of rotatable bonds is 32. The Morgan fingerprint density at radius 1 is 0.530 bits per heavy atom. The normalized spacial score (nSPS) is 18.7. The molecular weight excluding hydrogens is 971 g/mol. The van der Waals surface area contributed by atoms with Gasteiger partial charge in [0.05, 0.1) is 5.92 Å². The molecule has 4 unspecified atom stereocenters. The summed E-state index contributed by atoms with van der Waals surface area (Å²) < 4.78 is 59.5. The van der Waals surface area contributed by atoms with E-state index in [4.69, 9.17) is 40.1 Å². The van der Waals surface area contributed by atoms with E-state index in [0.29, 0.717) is 0 Å². The van der Waals surface area contributed by atoms with Gasteiger partial charge in [0.2, 0.25) is 0 Å². The number of carbonyl (C=O) groups is 2. The molecule has 0 spiro atoms. The van der Waals surface area contributed by atoms with Gasteiger partial charge in [-0.2, -0.15) is 0 Å². The smallest absolute Gasteiger partial charge is 0.407 e. The second kappa shape index (κ2) is 27.3. The summed E-state index contributed by atoms with van der Waals surface area (Å²) >= 11 is 0. The van der Waals surface area contributed by atoms with Gasteiger partial charge in [0.25, 0.3) is 0 Å². The fraction of sp³-hybridized carbons (Fsp3) is 0.689. The van der Waals surface area contributed by atoms with Crippen molar-refractivity contribution in [1.29, 1.82) is 0 Å². The van der Waals surface area contributed by atoms with Crippen LogP contribution in [-0.4, -0.2) is 134 Å². The third-order valence-corrected chi connectivity index (χ3v) is 18.8. The Balaban J connectivity index is 2.44. The van der Waals surface area contributed by atoms with Gasteiger partial charge in [0.1, 0.15) is 31.8 Å². The summed E-state index contributed by atoms with van der Waals surface area (Å²) in [7, 11) is -8.20. The van der Waals surface area contributed by atoms with Crippen molar-refractivity contribution in [1.82, 2.24) is 5.32 Å². The summed E-state index contributed by atoms with van der Waals surface area (Å²) in [5, 5.41) is 15.3. The van der Waals surface area contributed by atoms with Crippen LogP contribution in [0.25, 0.3) is 11.1 Å². The average Bonchev–Trinajstić information content (AvgIpc) is 3.59. The van der Waals surface area contributed by atoms with Gasteiger partial charge in [-0.1, -0.05) is 156 Å².